The van der Waals surface area contributed by atoms with Gasteiger partial charge in [0.25, 0.3) is 0 Å². The van der Waals surface area contributed by atoms with Crippen LogP contribution >= 0.6 is 0 Å². The first-order valence-corrected chi connectivity index (χ1v) is 26.8. The van der Waals surface area contributed by atoms with Gasteiger partial charge in [0.1, 0.15) is 5.82 Å². The number of benzene rings is 7. The third-order valence-corrected chi connectivity index (χ3v) is 15.7. The van der Waals surface area contributed by atoms with Gasteiger partial charge in [-0.2, -0.15) is 6.07 Å². The topological polar surface area (TPSA) is 33.5 Å². The van der Waals surface area contributed by atoms with E-state index in [1.165, 1.54) is 38.9 Å². The van der Waals surface area contributed by atoms with Crippen molar-refractivity contribution in [2.45, 2.75) is 143 Å². The molecule has 0 unspecified atom stereocenters. The van der Waals surface area contributed by atoms with Crippen LogP contribution in [-0.2, 0) is 53.6 Å². The third kappa shape index (κ3) is 10.2. The quantitative estimate of drug-likeness (QED) is 0.135. The Morgan fingerprint density at radius 2 is 0.974 bits per heavy atom. The zero-order valence-electron chi connectivity index (χ0n) is 47.6. The van der Waals surface area contributed by atoms with E-state index in [2.05, 4.69) is 290 Å². The van der Waals surface area contributed by atoms with Crippen LogP contribution in [-0.4, -0.2) is 9.55 Å². The summed E-state index contributed by atoms with van der Waals surface area (Å²) in [4.78, 5) is 9.77. The molecule has 76 heavy (non-hydrogen) atoms. The van der Waals surface area contributed by atoms with Crippen molar-refractivity contribution in [3.05, 3.63) is 221 Å². The maximum atomic E-state index is 7.04. The van der Waals surface area contributed by atoms with Gasteiger partial charge < -0.3 is 19.1 Å². The molecule has 0 aliphatic carbocycles. The van der Waals surface area contributed by atoms with Gasteiger partial charge in [0.2, 0.25) is 0 Å². The number of hydrogen-bond acceptors (Lipinski definition) is 4. The van der Waals surface area contributed by atoms with Crippen LogP contribution in [0.15, 0.2) is 158 Å². The first-order valence-electron chi connectivity index (χ1n) is 26.8. The van der Waals surface area contributed by atoms with Crippen molar-refractivity contribution in [2.75, 3.05) is 9.80 Å². The number of nitrogens with zero attached hydrogens (tertiary/aromatic N) is 4. The molecule has 0 radical (unpaired) electrons. The molecule has 0 saturated carbocycles. The standard InChI is InChI=1S/C70H75N4O.Pt/c1-65(2,3)49-35-51(70(15,16)47-27-21-18-22-28-47)38-52(36-49)72-45-73(63-44-59(68(10,11)12)58(43-62(63)72)67(7,8)9)53-37-50(66(4,5)6)39-55(41-53)75-54-31-32-57-56-29-23-24-30-60(56)74(61(57)42-54)64-40-48(33-34-71-64)69(13,14)46-25-19-17-20-26-46;/h17-40,43-45H,1-16H3;/q-3;. The summed E-state index contributed by atoms with van der Waals surface area (Å²) in [6.07, 6.45) is 1.93. The van der Waals surface area contributed by atoms with Crippen molar-refractivity contribution in [3.63, 3.8) is 0 Å². The summed E-state index contributed by atoms with van der Waals surface area (Å²) >= 11 is 0. The molecule has 3 heterocycles. The number of para-hydroxylation sites is 1. The predicted molar refractivity (Wildman–Crippen MR) is 316 cm³/mol. The van der Waals surface area contributed by atoms with Gasteiger partial charge in [-0.15, -0.1) is 53.6 Å². The number of fused-ring (bicyclic) bond motifs is 4. The first-order chi connectivity index (χ1) is 35.2. The largest absolute Gasteiger partial charge is 0.509 e. The van der Waals surface area contributed by atoms with Crippen molar-refractivity contribution >= 4 is 44.6 Å². The molecule has 1 aliphatic heterocycles. The Bertz CT molecular complexity index is 3600. The van der Waals surface area contributed by atoms with Gasteiger partial charge in [-0.1, -0.05) is 201 Å². The summed E-state index contributed by atoms with van der Waals surface area (Å²) in [5.74, 6) is 2.06. The van der Waals surface area contributed by atoms with Gasteiger partial charge in [0, 0.05) is 72.2 Å². The minimum atomic E-state index is -0.249. The zero-order chi connectivity index (χ0) is 53.6. The maximum absolute atomic E-state index is 7.04. The summed E-state index contributed by atoms with van der Waals surface area (Å²) in [5.41, 5.74) is 15.3. The van der Waals surface area contributed by atoms with Crippen LogP contribution in [0.1, 0.15) is 155 Å². The van der Waals surface area contributed by atoms with E-state index in [0.29, 0.717) is 11.5 Å². The van der Waals surface area contributed by atoms with Crippen LogP contribution in [0.4, 0.5) is 22.7 Å². The van der Waals surface area contributed by atoms with Crippen molar-refractivity contribution in [1.29, 1.82) is 0 Å². The smallest absolute Gasteiger partial charge is 0.135 e. The molecule has 0 amide bonds. The average Bonchev–Trinajstić information content (AvgIpc) is 3.91. The van der Waals surface area contributed by atoms with Crippen LogP contribution in [0.25, 0.3) is 27.6 Å². The number of ether oxygens (including phenoxy) is 1. The number of rotatable bonds is 9. The van der Waals surface area contributed by atoms with Crippen LogP contribution in [0, 0.1) is 18.8 Å². The molecule has 0 saturated heterocycles. The van der Waals surface area contributed by atoms with Crippen LogP contribution < -0.4 is 14.5 Å². The van der Waals surface area contributed by atoms with Crippen molar-refractivity contribution in [2.24, 2.45) is 0 Å². The Hall–Kier alpha value is -6.42. The van der Waals surface area contributed by atoms with Crippen molar-refractivity contribution < 1.29 is 25.8 Å². The average molecular weight is 1180 g/mol. The van der Waals surface area contributed by atoms with Gasteiger partial charge in [0.05, 0.1) is 0 Å². The fraction of sp³-hybridized carbons (Fsp3) is 0.314. The van der Waals surface area contributed by atoms with E-state index in [1.54, 1.807) is 0 Å². The summed E-state index contributed by atoms with van der Waals surface area (Å²) in [6, 6.07) is 62.8. The van der Waals surface area contributed by atoms with Crippen molar-refractivity contribution in [3.8, 4) is 17.3 Å². The minimum Gasteiger partial charge on any atom is -0.509 e. The Balaban J connectivity index is 0.00000706. The van der Waals surface area contributed by atoms with Crippen LogP contribution in [0.2, 0.25) is 0 Å². The summed E-state index contributed by atoms with van der Waals surface area (Å²) in [5, 5.41) is 2.22. The molecule has 10 rings (SSSR count). The number of hydrogen-bond donors (Lipinski definition) is 0. The molecule has 2 aromatic heterocycles. The molecular weight excluding hydrogens is 1110 g/mol. The van der Waals surface area contributed by atoms with E-state index >= 15 is 0 Å². The number of anilines is 4. The Morgan fingerprint density at radius 1 is 0.434 bits per heavy atom. The summed E-state index contributed by atoms with van der Waals surface area (Å²) < 4.78 is 9.27. The first kappa shape index (κ1) is 54.4. The normalized spacial score (nSPS) is 13.6. The molecular formula is C70H75N4OPt-3. The number of aromatic nitrogens is 2. The van der Waals surface area contributed by atoms with Gasteiger partial charge in [-0.05, 0) is 108 Å². The fourth-order valence-electron chi connectivity index (χ4n) is 10.8. The minimum absolute atomic E-state index is 0. The molecule has 7 aromatic carbocycles. The Kier molecular flexibility index (Phi) is 14.0. The second-order valence-electron chi connectivity index (χ2n) is 26.1. The molecule has 0 fully saturated rings. The van der Waals surface area contributed by atoms with E-state index in [9.17, 15) is 0 Å². The molecule has 394 valence electrons. The fourth-order valence-corrected chi connectivity index (χ4v) is 10.8. The van der Waals surface area contributed by atoms with E-state index < -0.39 is 0 Å². The van der Waals surface area contributed by atoms with E-state index in [1.807, 2.05) is 12.3 Å². The molecule has 0 atom stereocenters. The maximum Gasteiger partial charge on any atom is 0.135 e. The molecule has 1 aliphatic rings. The Morgan fingerprint density at radius 3 is 1.57 bits per heavy atom. The van der Waals surface area contributed by atoms with E-state index in [-0.39, 0.29) is 53.6 Å². The second-order valence-corrected chi connectivity index (χ2v) is 26.1. The van der Waals surface area contributed by atoms with Crippen LogP contribution in [0.5, 0.6) is 11.5 Å². The summed E-state index contributed by atoms with van der Waals surface area (Å²) in [6.45, 7) is 39.3. The van der Waals surface area contributed by atoms with Crippen LogP contribution in [0.3, 0.4) is 0 Å². The van der Waals surface area contributed by atoms with E-state index in [4.69, 9.17) is 9.72 Å². The molecule has 0 N–H and O–H groups in total. The van der Waals surface area contributed by atoms with Crippen molar-refractivity contribution in [1.82, 2.24) is 9.55 Å². The van der Waals surface area contributed by atoms with Gasteiger partial charge in [0.15, 0.2) is 0 Å². The van der Waals surface area contributed by atoms with Gasteiger partial charge >= 0.3 is 0 Å². The summed E-state index contributed by atoms with van der Waals surface area (Å²) in [7, 11) is 0. The molecule has 5 nitrogen and oxygen atoms in total. The molecule has 0 bridgehead atoms. The second kappa shape index (κ2) is 19.5. The van der Waals surface area contributed by atoms with Gasteiger partial charge in [-0.25, -0.2) is 4.98 Å². The van der Waals surface area contributed by atoms with E-state index in [0.717, 1.165) is 55.9 Å². The Labute approximate surface area is 468 Å². The predicted octanol–water partition coefficient (Wildman–Crippen LogP) is 18.8. The molecule has 9 aromatic rings. The zero-order valence-corrected chi connectivity index (χ0v) is 49.9. The third-order valence-electron chi connectivity index (χ3n) is 15.7. The monoisotopic (exact) mass is 1180 g/mol. The molecule has 0 spiro atoms. The van der Waals surface area contributed by atoms with Gasteiger partial charge in [-0.3, -0.25) is 0 Å². The SMILES string of the molecule is CC(C)(C)c1cc(Oc2[c-]c3c(cc2)c2ccccc2n3-c2cc(C(C)(C)c3ccccc3)ccn2)[c-]c(N2[CH-]N(c3cc(C(C)(C)C)cc(C(C)(C)c4ccccc4)c3)c3cc(C(C)(C)C)c(C(C)(C)C)cc32)c1.[Pt]. The number of pyridine rings is 1. The molecule has 6 heteroatoms.